The normalized spacial score (nSPS) is 42.0. The van der Waals surface area contributed by atoms with Gasteiger partial charge in [-0.15, -0.1) is 0 Å². The third kappa shape index (κ3) is 3.07. The van der Waals surface area contributed by atoms with E-state index in [1.807, 2.05) is 19.1 Å². The fraction of sp³-hybridized carbons (Fsp3) is 0.630. The van der Waals surface area contributed by atoms with Crippen LogP contribution in [-0.4, -0.2) is 31.9 Å². The van der Waals surface area contributed by atoms with Crippen molar-refractivity contribution in [2.24, 2.45) is 23.7 Å². The van der Waals surface area contributed by atoms with Gasteiger partial charge in [0.05, 0.1) is 20.3 Å². The molecule has 6 heteroatoms. The summed E-state index contributed by atoms with van der Waals surface area (Å²) in [6, 6.07) is 10.4. The molecule has 1 spiro atoms. The first-order valence-corrected chi connectivity index (χ1v) is 12.2. The summed E-state index contributed by atoms with van der Waals surface area (Å²) in [5.74, 6) is 2.29. The minimum absolute atomic E-state index is 0.160. The van der Waals surface area contributed by atoms with Gasteiger partial charge in [-0.05, 0) is 79.0 Å². The number of hydrogen-bond donors (Lipinski definition) is 0. The van der Waals surface area contributed by atoms with Crippen LogP contribution in [0.2, 0.25) is 0 Å². The molecule has 0 aromatic heterocycles. The second-order valence-electron chi connectivity index (χ2n) is 10.6. The summed E-state index contributed by atoms with van der Waals surface area (Å²) in [7, 11) is 3.41. The van der Waals surface area contributed by atoms with Crippen LogP contribution in [0.1, 0.15) is 58.1 Å². The molecule has 0 radical (unpaired) electrons. The molecule has 33 heavy (non-hydrogen) atoms. The Labute approximate surface area is 195 Å². The minimum atomic E-state index is -0.771. The van der Waals surface area contributed by atoms with E-state index in [1.165, 1.54) is 6.42 Å². The molecule has 5 fully saturated rings. The molecule has 0 amide bonds. The minimum Gasteiger partial charge on any atom is -0.497 e. The van der Waals surface area contributed by atoms with E-state index in [9.17, 15) is 0 Å². The van der Waals surface area contributed by atoms with Crippen molar-refractivity contribution in [1.29, 1.82) is 0 Å². The number of fused-ring (bicyclic) bond motifs is 3. The highest BCUT2D eigenvalue weighted by molar-refractivity contribution is 5.86. The molecule has 6 nitrogen and oxygen atoms in total. The van der Waals surface area contributed by atoms with Gasteiger partial charge in [-0.1, -0.05) is 19.9 Å². The summed E-state index contributed by atoms with van der Waals surface area (Å²) in [5, 5.41) is 2.21. The van der Waals surface area contributed by atoms with Gasteiger partial charge in [0.2, 0.25) is 5.79 Å². The van der Waals surface area contributed by atoms with Crippen molar-refractivity contribution in [2.45, 2.75) is 70.2 Å². The van der Waals surface area contributed by atoms with E-state index in [0.29, 0.717) is 11.8 Å². The zero-order chi connectivity index (χ0) is 23.0. The standard InChI is InChI=1S/C27H34O6/c1-15-6-9-22-16(2)24(30-25-27(22)21(15)10-11-26(3,31-25)32-33-27)20-13-17-7-8-19(28-4)12-18(17)14-23(20)29-5/h7-8,12-16,21-22,24-25H,6,9-11H2,1-5H3/t15-,16-,21+,22+,24-,25-,26-,27-/m1/s1. The first kappa shape index (κ1) is 21.7. The van der Waals surface area contributed by atoms with Crippen molar-refractivity contribution < 1.29 is 28.7 Å². The Morgan fingerprint density at radius 3 is 2.55 bits per heavy atom. The quantitative estimate of drug-likeness (QED) is 0.548. The van der Waals surface area contributed by atoms with Crippen LogP contribution in [-0.2, 0) is 19.2 Å². The molecule has 4 heterocycles. The largest absolute Gasteiger partial charge is 0.497 e. The van der Waals surface area contributed by atoms with E-state index in [0.717, 1.165) is 47.1 Å². The molecule has 4 saturated heterocycles. The van der Waals surface area contributed by atoms with Crippen molar-refractivity contribution in [3.05, 3.63) is 35.9 Å². The molecule has 1 saturated carbocycles. The first-order valence-electron chi connectivity index (χ1n) is 12.2. The molecular formula is C27H34O6. The predicted octanol–water partition coefficient (Wildman–Crippen LogP) is 5.78. The maximum atomic E-state index is 6.85. The van der Waals surface area contributed by atoms with Gasteiger partial charge in [0.15, 0.2) is 11.9 Å². The average Bonchev–Trinajstić information content (AvgIpc) is 3.06. The van der Waals surface area contributed by atoms with Crippen LogP contribution >= 0.6 is 0 Å². The van der Waals surface area contributed by atoms with Crippen molar-refractivity contribution in [3.63, 3.8) is 0 Å². The lowest BCUT2D eigenvalue weighted by atomic mass is 9.57. The molecular weight excluding hydrogens is 420 g/mol. The van der Waals surface area contributed by atoms with Gasteiger partial charge in [-0.3, -0.25) is 0 Å². The van der Waals surface area contributed by atoms with Crippen LogP contribution in [0.5, 0.6) is 11.5 Å². The molecule has 1 aliphatic carbocycles. The summed E-state index contributed by atoms with van der Waals surface area (Å²) in [5.41, 5.74) is 0.503. The smallest absolute Gasteiger partial charge is 0.201 e. The van der Waals surface area contributed by atoms with Crippen LogP contribution in [0, 0.1) is 23.7 Å². The SMILES string of the molecule is COc1ccc2cc([C@@H]3O[C@@H]4O[C@@]5(C)CC[C@H]6[C@H](C)CC[C@@H]([C@H]3C)[C@@]46OO5)c(OC)cc2c1. The van der Waals surface area contributed by atoms with Gasteiger partial charge >= 0.3 is 0 Å². The highest BCUT2D eigenvalue weighted by Crippen LogP contribution is 2.63. The molecule has 178 valence electrons. The molecule has 7 rings (SSSR count). The maximum Gasteiger partial charge on any atom is 0.201 e. The van der Waals surface area contributed by atoms with E-state index in [2.05, 4.69) is 32.0 Å². The zero-order valence-electron chi connectivity index (χ0n) is 20.1. The molecule has 0 N–H and O–H groups in total. The highest BCUT2D eigenvalue weighted by atomic mass is 17.3. The fourth-order valence-corrected chi connectivity index (χ4v) is 7.06. The average molecular weight is 455 g/mol. The van der Waals surface area contributed by atoms with Crippen LogP contribution in [0.25, 0.3) is 10.8 Å². The summed E-state index contributed by atoms with van der Waals surface area (Å²) >= 11 is 0. The third-order valence-electron chi connectivity index (χ3n) is 8.86. The third-order valence-corrected chi connectivity index (χ3v) is 8.86. The van der Waals surface area contributed by atoms with Crippen molar-refractivity contribution in [2.75, 3.05) is 14.2 Å². The molecule has 5 aliphatic rings. The Morgan fingerprint density at radius 1 is 0.909 bits per heavy atom. The van der Waals surface area contributed by atoms with E-state index in [1.54, 1.807) is 14.2 Å². The molecule has 2 aromatic rings. The van der Waals surface area contributed by atoms with Crippen molar-refractivity contribution in [1.82, 2.24) is 0 Å². The van der Waals surface area contributed by atoms with Crippen molar-refractivity contribution >= 4 is 10.8 Å². The van der Waals surface area contributed by atoms with Gasteiger partial charge in [-0.25, -0.2) is 9.78 Å². The van der Waals surface area contributed by atoms with Gasteiger partial charge in [-0.2, -0.15) is 0 Å². The second-order valence-corrected chi connectivity index (χ2v) is 10.6. The molecule has 8 atom stereocenters. The highest BCUT2D eigenvalue weighted by Gasteiger charge is 2.69. The monoisotopic (exact) mass is 454 g/mol. The van der Waals surface area contributed by atoms with Gasteiger partial charge in [0.1, 0.15) is 11.5 Å². The molecule has 2 bridgehead atoms. The molecule has 2 aromatic carbocycles. The van der Waals surface area contributed by atoms with Crippen LogP contribution < -0.4 is 9.47 Å². The van der Waals surface area contributed by atoms with E-state index < -0.39 is 17.7 Å². The lowest BCUT2D eigenvalue weighted by molar-refractivity contribution is -0.571. The van der Waals surface area contributed by atoms with E-state index >= 15 is 0 Å². The van der Waals surface area contributed by atoms with Crippen LogP contribution in [0.4, 0.5) is 0 Å². The zero-order valence-corrected chi connectivity index (χ0v) is 20.1. The summed E-state index contributed by atoms with van der Waals surface area (Å²) < 4.78 is 24.7. The van der Waals surface area contributed by atoms with Crippen LogP contribution in [0.3, 0.4) is 0 Å². The number of rotatable bonds is 3. The first-order chi connectivity index (χ1) is 15.9. The Bertz CT molecular complexity index is 1070. The number of ether oxygens (including phenoxy) is 4. The topological polar surface area (TPSA) is 55.4 Å². The Hall–Kier alpha value is -1.86. The lowest BCUT2D eigenvalue weighted by Crippen LogP contribution is -2.69. The Morgan fingerprint density at radius 2 is 1.76 bits per heavy atom. The van der Waals surface area contributed by atoms with Gasteiger partial charge in [0, 0.05) is 17.9 Å². The lowest BCUT2D eigenvalue weighted by Gasteiger charge is -2.60. The second kappa shape index (κ2) is 7.57. The predicted molar refractivity (Wildman–Crippen MR) is 123 cm³/mol. The number of methoxy groups -OCH3 is 2. The summed E-state index contributed by atoms with van der Waals surface area (Å²) in [6.07, 6.45) is 3.49. The van der Waals surface area contributed by atoms with E-state index in [-0.39, 0.29) is 17.9 Å². The Balaban J connectivity index is 1.45. The van der Waals surface area contributed by atoms with Gasteiger partial charge in [0.25, 0.3) is 0 Å². The maximum absolute atomic E-state index is 6.85. The fourth-order valence-electron chi connectivity index (χ4n) is 7.06. The van der Waals surface area contributed by atoms with Crippen LogP contribution in [0.15, 0.2) is 30.3 Å². The molecule has 4 aliphatic heterocycles. The number of hydrogen-bond acceptors (Lipinski definition) is 6. The van der Waals surface area contributed by atoms with E-state index in [4.69, 9.17) is 28.7 Å². The Kier molecular flexibility index (Phi) is 4.97. The number of benzene rings is 2. The summed E-state index contributed by atoms with van der Waals surface area (Å²) in [6.45, 7) is 6.60. The summed E-state index contributed by atoms with van der Waals surface area (Å²) in [4.78, 5) is 12.3. The van der Waals surface area contributed by atoms with Gasteiger partial charge < -0.3 is 18.9 Å². The molecule has 0 unspecified atom stereocenters. The van der Waals surface area contributed by atoms with Crippen molar-refractivity contribution in [3.8, 4) is 11.5 Å².